The number of hydrazone groups is 1. The van der Waals surface area contributed by atoms with E-state index in [9.17, 15) is 4.79 Å². The number of unbranched alkanes of at least 4 members (excludes halogenated alkanes) is 1. The molecule has 2 aromatic rings. The van der Waals surface area contributed by atoms with Crippen LogP contribution in [0.15, 0.2) is 53.6 Å². The minimum Gasteiger partial charge on any atom is -0.494 e. The van der Waals surface area contributed by atoms with Gasteiger partial charge in [-0.25, -0.2) is 5.43 Å². The minimum atomic E-state index is -0.324. The molecular weight excluding hydrogens is 302 g/mol. The van der Waals surface area contributed by atoms with Crippen molar-refractivity contribution in [3.05, 3.63) is 65.2 Å². The SMILES string of the molecule is CCCCOc1ccc(/C=N\NC(=O)c2ccc(C#N)cc2)cc1. The second-order valence-electron chi connectivity index (χ2n) is 5.16. The molecule has 5 nitrogen and oxygen atoms in total. The Morgan fingerprint density at radius 2 is 1.92 bits per heavy atom. The van der Waals surface area contributed by atoms with E-state index >= 15 is 0 Å². The van der Waals surface area contributed by atoms with Crippen LogP contribution in [0, 0.1) is 11.3 Å². The van der Waals surface area contributed by atoms with Gasteiger partial charge in [0.25, 0.3) is 5.91 Å². The van der Waals surface area contributed by atoms with Gasteiger partial charge >= 0.3 is 0 Å². The number of amides is 1. The van der Waals surface area contributed by atoms with Gasteiger partial charge in [-0.3, -0.25) is 4.79 Å². The molecule has 0 fully saturated rings. The highest BCUT2D eigenvalue weighted by molar-refractivity contribution is 5.94. The molecule has 0 atom stereocenters. The van der Waals surface area contributed by atoms with Gasteiger partial charge in [-0.1, -0.05) is 13.3 Å². The van der Waals surface area contributed by atoms with Crippen LogP contribution in [0.4, 0.5) is 0 Å². The fourth-order valence-corrected chi connectivity index (χ4v) is 1.91. The van der Waals surface area contributed by atoms with Gasteiger partial charge in [-0.2, -0.15) is 10.4 Å². The molecule has 122 valence electrons. The molecule has 0 radical (unpaired) electrons. The van der Waals surface area contributed by atoms with Crippen molar-refractivity contribution in [3.63, 3.8) is 0 Å². The summed E-state index contributed by atoms with van der Waals surface area (Å²) < 4.78 is 5.58. The number of carbonyl (C=O) groups excluding carboxylic acids is 1. The number of carbonyl (C=O) groups is 1. The number of nitrogens with zero attached hydrogens (tertiary/aromatic N) is 2. The first-order chi connectivity index (χ1) is 11.7. The molecule has 0 spiro atoms. The maximum Gasteiger partial charge on any atom is 0.271 e. The second-order valence-corrected chi connectivity index (χ2v) is 5.16. The van der Waals surface area contributed by atoms with Crippen LogP contribution in [0.2, 0.25) is 0 Å². The van der Waals surface area contributed by atoms with Crippen LogP contribution in [0.3, 0.4) is 0 Å². The number of hydrogen-bond donors (Lipinski definition) is 1. The average molecular weight is 321 g/mol. The third-order valence-electron chi connectivity index (χ3n) is 3.30. The molecule has 0 bridgehead atoms. The number of hydrogen-bond acceptors (Lipinski definition) is 4. The van der Waals surface area contributed by atoms with Gasteiger partial charge in [0.05, 0.1) is 24.5 Å². The van der Waals surface area contributed by atoms with E-state index in [4.69, 9.17) is 10.00 Å². The van der Waals surface area contributed by atoms with Crippen molar-refractivity contribution in [3.8, 4) is 11.8 Å². The molecule has 2 aromatic carbocycles. The summed E-state index contributed by atoms with van der Waals surface area (Å²) in [5.41, 5.74) is 4.28. The summed E-state index contributed by atoms with van der Waals surface area (Å²) >= 11 is 0. The van der Waals surface area contributed by atoms with Gasteiger partial charge in [-0.05, 0) is 60.5 Å². The van der Waals surface area contributed by atoms with Crippen molar-refractivity contribution < 1.29 is 9.53 Å². The van der Waals surface area contributed by atoms with E-state index in [1.165, 1.54) is 0 Å². The maximum atomic E-state index is 11.9. The van der Waals surface area contributed by atoms with Crippen LogP contribution >= 0.6 is 0 Å². The fraction of sp³-hybridized carbons (Fsp3) is 0.211. The number of benzene rings is 2. The summed E-state index contributed by atoms with van der Waals surface area (Å²) in [6.45, 7) is 2.83. The van der Waals surface area contributed by atoms with Gasteiger partial charge < -0.3 is 4.74 Å². The molecule has 2 rings (SSSR count). The highest BCUT2D eigenvalue weighted by Crippen LogP contribution is 2.11. The lowest BCUT2D eigenvalue weighted by molar-refractivity contribution is 0.0955. The Hall–Kier alpha value is -3.13. The van der Waals surface area contributed by atoms with E-state index in [-0.39, 0.29) is 5.91 Å². The van der Waals surface area contributed by atoms with Crippen molar-refractivity contribution in [1.82, 2.24) is 5.43 Å². The Balaban J connectivity index is 1.86. The summed E-state index contributed by atoms with van der Waals surface area (Å²) in [7, 11) is 0. The lowest BCUT2D eigenvalue weighted by atomic mass is 10.1. The van der Waals surface area contributed by atoms with Crippen LogP contribution in [0.1, 0.15) is 41.3 Å². The Bertz CT molecular complexity index is 729. The van der Waals surface area contributed by atoms with Crippen molar-refractivity contribution in [1.29, 1.82) is 5.26 Å². The smallest absolute Gasteiger partial charge is 0.271 e. The van der Waals surface area contributed by atoms with Gasteiger partial charge in [0, 0.05) is 5.56 Å². The highest BCUT2D eigenvalue weighted by Gasteiger charge is 2.03. The summed E-state index contributed by atoms with van der Waals surface area (Å²) in [6.07, 6.45) is 3.70. The molecular formula is C19H19N3O2. The molecule has 0 aliphatic carbocycles. The van der Waals surface area contributed by atoms with Crippen LogP contribution < -0.4 is 10.2 Å². The van der Waals surface area contributed by atoms with Crippen molar-refractivity contribution in [2.75, 3.05) is 6.61 Å². The predicted octanol–water partition coefficient (Wildman–Crippen LogP) is 3.50. The molecule has 0 saturated carbocycles. The van der Waals surface area contributed by atoms with E-state index < -0.39 is 0 Å². The Morgan fingerprint density at radius 1 is 1.21 bits per heavy atom. The summed E-state index contributed by atoms with van der Waals surface area (Å²) in [5.74, 6) is 0.498. The number of ether oxygens (including phenoxy) is 1. The Kier molecular flexibility index (Phi) is 6.54. The molecule has 1 N–H and O–H groups in total. The molecule has 1 amide bonds. The molecule has 5 heteroatoms. The summed E-state index contributed by atoms with van der Waals surface area (Å²) in [4.78, 5) is 11.9. The Morgan fingerprint density at radius 3 is 2.54 bits per heavy atom. The van der Waals surface area contributed by atoms with Crippen molar-refractivity contribution >= 4 is 12.1 Å². The van der Waals surface area contributed by atoms with E-state index in [1.807, 2.05) is 30.3 Å². The van der Waals surface area contributed by atoms with E-state index in [0.717, 1.165) is 24.2 Å². The molecule has 0 aliphatic heterocycles. The molecule has 0 heterocycles. The topological polar surface area (TPSA) is 74.5 Å². The summed E-state index contributed by atoms with van der Waals surface area (Å²) in [6, 6.07) is 15.9. The standard InChI is InChI=1S/C19H19N3O2/c1-2-3-12-24-18-10-6-16(7-11-18)14-21-22-19(23)17-8-4-15(13-20)5-9-17/h4-11,14H,2-3,12H2,1H3,(H,22,23)/b21-14-. The number of rotatable bonds is 7. The van der Waals surface area contributed by atoms with Crippen LogP contribution in [-0.2, 0) is 0 Å². The van der Waals surface area contributed by atoms with Gasteiger partial charge in [0.15, 0.2) is 0 Å². The number of nitrogens with one attached hydrogen (secondary N) is 1. The van der Waals surface area contributed by atoms with E-state index in [1.54, 1.807) is 30.5 Å². The summed E-state index contributed by atoms with van der Waals surface area (Å²) in [5, 5.41) is 12.7. The van der Waals surface area contributed by atoms with Crippen molar-refractivity contribution in [2.45, 2.75) is 19.8 Å². The Labute approximate surface area is 141 Å². The maximum absolute atomic E-state index is 11.9. The third kappa shape index (κ3) is 5.25. The van der Waals surface area contributed by atoms with Gasteiger partial charge in [-0.15, -0.1) is 0 Å². The lowest BCUT2D eigenvalue weighted by Crippen LogP contribution is -2.17. The zero-order chi connectivity index (χ0) is 17.2. The van der Waals surface area contributed by atoms with Crippen LogP contribution in [0.5, 0.6) is 5.75 Å². The molecule has 0 aromatic heterocycles. The molecule has 0 unspecified atom stereocenters. The van der Waals surface area contributed by atoms with E-state index in [0.29, 0.717) is 17.7 Å². The molecule has 0 saturated heterocycles. The first-order valence-electron chi connectivity index (χ1n) is 7.79. The van der Waals surface area contributed by atoms with Crippen LogP contribution in [0.25, 0.3) is 0 Å². The quantitative estimate of drug-likeness (QED) is 0.482. The van der Waals surface area contributed by atoms with Gasteiger partial charge in [0.2, 0.25) is 0 Å². The second kappa shape index (κ2) is 9.11. The monoisotopic (exact) mass is 321 g/mol. The molecule has 0 aliphatic rings. The average Bonchev–Trinajstić information content (AvgIpc) is 2.63. The lowest BCUT2D eigenvalue weighted by Gasteiger charge is -2.05. The zero-order valence-corrected chi connectivity index (χ0v) is 13.5. The normalized spacial score (nSPS) is 10.3. The molecule has 24 heavy (non-hydrogen) atoms. The van der Waals surface area contributed by atoms with Crippen molar-refractivity contribution in [2.24, 2.45) is 5.10 Å². The highest BCUT2D eigenvalue weighted by atomic mass is 16.5. The number of nitriles is 1. The third-order valence-corrected chi connectivity index (χ3v) is 3.30. The van der Waals surface area contributed by atoms with E-state index in [2.05, 4.69) is 17.5 Å². The largest absolute Gasteiger partial charge is 0.494 e. The predicted molar refractivity (Wildman–Crippen MR) is 93.1 cm³/mol. The van der Waals surface area contributed by atoms with Gasteiger partial charge in [0.1, 0.15) is 5.75 Å². The first-order valence-corrected chi connectivity index (χ1v) is 7.79. The minimum absolute atomic E-state index is 0.324. The fourth-order valence-electron chi connectivity index (χ4n) is 1.91. The zero-order valence-electron chi connectivity index (χ0n) is 13.5. The van der Waals surface area contributed by atoms with Crippen LogP contribution in [-0.4, -0.2) is 18.7 Å². The first kappa shape index (κ1) is 17.2.